The zero-order valence-electron chi connectivity index (χ0n) is 19.3. The average Bonchev–Trinajstić information content (AvgIpc) is 3.25. The van der Waals surface area contributed by atoms with E-state index in [2.05, 4.69) is 36.9 Å². The first-order chi connectivity index (χ1) is 16.0. The van der Waals surface area contributed by atoms with Gasteiger partial charge in [-0.3, -0.25) is 0 Å². The van der Waals surface area contributed by atoms with Gasteiger partial charge in [-0.2, -0.15) is 6.58 Å². The van der Waals surface area contributed by atoms with Crippen molar-refractivity contribution < 1.29 is 27.3 Å². The van der Waals surface area contributed by atoms with Crippen molar-refractivity contribution >= 4 is 33.2 Å². The zero-order valence-corrected chi connectivity index (χ0v) is 19.7. The molecule has 0 spiro atoms. The monoisotopic (exact) mass is 596 g/mol. The summed E-state index contributed by atoms with van der Waals surface area (Å²) >= 11 is 0. The molecule has 32 heavy (non-hydrogen) atoms. The minimum absolute atomic E-state index is 0. The van der Waals surface area contributed by atoms with Crippen LogP contribution in [-0.2, 0) is 20.1 Å². The molecule has 158 valence electrons. The summed E-state index contributed by atoms with van der Waals surface area (Å²) in [5, 5.41) is 12.0. The molecule has 0 bridgehead atoms. The van der Waals surface area contributed by atoms with Crippen LogP contribution in [0, 0.1) is 12.1 Å². The molecule has 2 aromatic carbocycles. The van der Waals surface area contributed by atoms with Crippen molar-refractivity contribution in [1.82, 2.24) is 4.98 Å². The van der Waals surface area contributed by atoms with E-state index in [1.165, 1.54) is 6.08 Å². The molecule has 0 aliphatic rings. The predicted octanol–water partition coefficient (Wildman–Crippen LogP) is 7.12. The van der Waals surface area contributed by atoms with Crippen LogP contribution in [-0.4, -0.2) is 10.7 Å². The smallest absolute Gasteiger partial charge is 0.855 e. The average molecular weight is 596 g/mol. The van der Waals surface area contributed by atoms with Gasteiger partial charge in [0.15, 0.2) is 0 Å². The number of furan rings is 1. The van der Waals surface area contributed by atoms with Gasteiger partial charge in [0.1, 0.15) is 5.58 Å². The van der Waals surface area contributed by atoms with Gasteiger partial charge in [0.2, 0.25) is 0 Å². The maximum Gasteiger partial charge on any atom is 3.00 e. The first-order valence-electron chi connectivity index (χ1n) is 10.5. The topological polar surface area (TPSA) is 48.3 Å². The summed E-state index contributed by atoms with van der Waals surface area (Å²) in [6.07, 6.45) is 9.27. The van der Waals surface area contributed by atoms with E-state index in [1.807, 2.05) is 48.5 Å². The Morgan fingerprint density at radius 3 is 2.59 bits per heavy atom. The molecule has 0 unspecified atom stereocenters. The second-order valence-corrected chi connectivity index (χ2v) is 6.26. The summed E-state index contributed by atoms with van der Waals surface area (Å²) < 4.78 is 21.1. The Bertz CT molecular complexity index is 1400. The van der Waals surface area contributed by atoms with Crippen LogP contribution >= 0.6 is 0 Å². The fourth-order valence-electron chi connectivity index (χ4n) is 2.82. The number of hydrogen-bond donors (Lipinski definition) is 0. The molecule has 4 aromatic rings. The van der Waals surface area contributed by atoms with Crippen molar-refractivity contribution in [1.29, 1.82) is 0 Å². The third-order valence-electron chi connectivity index (χ3n) is 4.22. The molecule has 0 radical (unpaired) electrons. The van der Waals surface area contributed by atoms with Gasteiger partial charge in [-0.1, -0.05) is 54.4 Å². The van der Waals surface area contributed by atoms with Crippen molar-refractivity contribution in [2.75, 3.05) is 0 Å². The van der Waals surface area contributed by atoms with E-state index in [-0.39, 0.29) is 43.5 Å². The Morgan fingerprint density at radius 1 is 1.09 bits per heavy atom. The molecule has 0 aliphatic heterocycles. The Kier molecular flexibility index (Phi) is 8.32. The van der Waals surface area contributed by atoms with Gasteiger partial charge in [0.25, 0.3) is 0 Å². The second kappa shape index (κ2) is 12.3. The summed E-state index contributed by atoms with van der Waals surface area (Å²) in [5.41, 5.74) is 2.71. The van der Waals surface area contributed by atoms with Crippen LogP contribution in [0.4, 0.5) is 0 Å². The molecule has 0 atom stereocenters. The minimum atomic E-state index is -0.343. The summed E-state index contributed by atoms with van der Waals surface area (Å²) in [4.78, 5) is 4.12. The van der Waals surface area contributed by atoms with Crippen LogP contribution in [0.1, 0.15) is 14.0 Å². The molecule has 0 aliphatic carbocycles. The van der Waals surface area contributed by atoms with Crippen LogP contribution < -0.4 is 0 Å². The largest absolute Gasteiger partial charge is 3.00 e. The normalized spacial score (nSPS) is 12.0. The molecule has 4 heteroatoms. The van der Waals surface area contributed by atoms with Gasteiger partial charge in [0.05, 0.1) is 1.37 Å². The first-order valence-corrected chi connectivity index (χ1v) is 9.47. The van der Waals surface area contributed by atoms with E-state index in [1.54, 1.807) is 24.4 Å². The molecule has 2 aromatic heterocycles. The summed E-state index contributed by atoms with van der Waals surface area (Å²) in [5.74, 6) is 0. The SMILES string of the molecule is C=CC=[C-]C(=C)c1ccccn1.[2H]/C(C=C)=C(\[2H])C(=[N-])c1[c-]ccc2c1oc1ccccc12.[Ir+3]. The second-order valence-electron chi connectivity index (χ2n) is 6.26. The van der Waals surface area contributed by atoms with Crippen molar-refractivity contribution in [2.45, 2.75) is 0 Å². The van der Waals surface area contributed by atoms with Crippen molar-refractivity contribution in [3.05, 3.63) is 140 Å². The molecule has 0 N–H and O–H groups in total. The Hall–Kier alpha value is -3.59. The van der Waals surface area contributed by atoms with E-state index < -0.39 is 0 Å². The maximum absolute atomic E-state index is 10.2. The molecular formula is C28H21IrN2O. The molecule has 2 heterocycles. The van der Waals surface area contributed by atoms with Crippen molar-refractivity contribution in [3.8, 4) is 0 Å². The zero-order chi connectivity index (χ0) is 23.8. The Morgan fingerprint density at radius 2 is 1.88 bits per heavy atom. The summed E-state index contributed by atoms with van der Waals surface area (Å²) in [6.45, 7) is 10.8. The van der Waals surface area contributed by atoms with E-state index in [4.69, 9.17) is 7.16 Å². The number of para-hydroxylation sites is 1. The summed E-state index contributed by atoms with van der Waals surface area (Å²) in [6, 6.07) is 19.2. The van der Waals surface area contributed by atoms with Gasteiger partial charge in [-0.25, -0.2) is 5.71 Å². The van der Waals surface area contributed by atoms with Gasteiger partial charge in [0, 0.05) is 18.5 Å². The fourth-order valence-corrected chi connectivity index (χ4v) is 2.82. The van der Waals surface area contributed by atoms with E-state index in [9.17, 15) is 5.41 Å². The Labute approximate surface area is 204 Å². The van der Waals surface area contributed by atoms with E-state index in [0.717, 1.165) is 22.0 Å². The van der Waals surface area contributed by atoms with Crippen molar-refractivity contribution in [3.63, 3.8) is 0 Å². The number of nitrogens with zero attached hydrogens (tertiary/aromatic N) is 2. The van der Waals surface area contributed by atoms with Gasteiger partial charge >= 0.3 is 20.1 Å². The van der Waals surface area contributed by atoms with Crippen LogP contribution in [0.2, 0.25) is 0 Å². The third-order valence-corrected chi connectivity index (χ3v) is 4.22. The van der Waals surface area contributed by atoms with Gasteiger partial charge < -0.3 is 14.8 Å². The number of benzene rings is 2. The molecule has 0 amide bonds. The molecule has 0 saturated carbocycles. The standard InChI is InChI=1S/C17H11NO.C11H10N.Ir/c1-2-3-10-15(18)14-9-6-8-13-12-7-4-5-11-16(12)19-17(13)14;1-3-4-7-10(2)11-8-5-6-9-12-11;/h2-8,10-11H,1H2;3-6,8-9H,1-2H2;/q-2;-1;+3/b10-3-;;/i3D,10D;;. The van der Waals surface area contributed by atoms with E-state index >= 15 is 0 Å². The molecule has 0 saturated heterocycles. The van der Waals surface area contributed by atoms with Crippen LogP contribution in [0.25, 0.3) is 32.9 Å². The molecule has 4 rings (SSSR count). The third kappa shape index (κ3) is 5.98. The maximum atomic E-state index is 10.2. The van der Waals surface area contributed by atoms with Crippen molar-refractivity contribution in [2.24, 2.45) is 0 Å². The van der Waals surface area contributed by atoms with Gasteiger partial charge in [-0.15, -0.1) is 60.2 Å². The number of aromatic nitrogens is 1. The number of rotatable bonds is 6. The molecule has 0 fully saturated rings. The quantitative estimate of drug-likeness (QED) is 0.135. The number of fused-ring (bicyclic) bond motifs is 3. The van der Waals surface area contributed by atoms with Crippen LogP contribution in [0.15, 0.2) is 115 Å². The predicted molar refractivity (Wildman–Crippen MR) is 131 cm³/mol. The summed E-state index contributed by atoms with van der Waals surface area (Å²) in [7, 11) is 0. The Balaban J connectivity index is 0.000000270. The minimum Gasteiger partial charge on any atom is -0.855 e. The van der Waals surface area contributed by atoms with E-state index in [0.29, 0.717) is 11.2 Å². The molecular weight excluding hydrogens is 573 g/mol. The van der Waals surface area contributed by atoms with Crippen LogP contribution in [0.3, 0.4) is 0 Å². The molecule has 3 nitrogen and oxygen atoms in total. The number of pyridine rings is 1. The number of hydrogen-bond acceptors (Lipinski definition) is 2. The van der Waals surface area contributed by atoms with Gasteiger partial charge in [-0.05, 0) is 17.8 Å². The number of allylic oxidation sites excluding steroid dienone is 7. The first kappa shape index (κ1) is 21.6. The fraction of sp³-hybridized carbons (Fsp3) is 0. The van der Waals surface area contributed by atoms with Crippen LogP contribution in [0.5, 0.6) is 0 Å².